The van der Waals surface area contributed by atoms with Crippen LogP contribution >= 0.6 is 0 Å². The fraction of sp³-hybridized carbons (Fsp3) is 0.600. The van der Waals surface area contributed by atoms with Crippen molar-refractivity contribution in [3.63, 3.8) is 0 Å². The molecule has 1 fully saturated rings. The summed E-state index contributed by atoms with van der Waals surface area (Å²) < 4.78 is 0. The van der Waals surface area contributed by atoms with Gasteiger partial charge in [-0.05, 0) is 39.0 Å². The van der Waals surface area contributed by atoms with Crippen LogP contribution in [0.3, 0.4) is 0 Å². The molecule has 10 heavy (non-hydrogen) atoms. The Hall–Kier alpha value is -0.520. The van der Waals surface area contributed by atoms with Gasteiger partial charge < -0.3 is 0 Å². The van der Waals surface area contributed by atoms with Crippen molar-refractivity contribution in [2.45, 2.75) is 33.1 Å². The van der Waals surface area contributed by atoms with Crippen LogP contribution in [0.2, 0.25) is 0 Å². The van der Waals surface area contributed by atoms with Crippen molar-refractivity contribution >= 4 is 0 Å². The molecule has 1 saturated carbocycles. The molecule has 1 aliphatic carbocycles. The van der Waals surface area contributed by atoms with E-state index in [9.17, 15) is 0 Å². The highest BCUT2D eigenvalue weighted by Gasteiger charge is 2.21. The zero-order valence-electron chi connectivity index (χ0n) is 6.93. The van der Waals surface area contributed by atoms with Gasteiger partial charge in [-0.2, -0.15) is 0 Å². The normalized spacial score (nSPS) is 20.4. The highest BCUT2D eigenvalue weighted by molar-refractivity contribution is 5.18. The van der Waals surface area contributed by atoms with E-state index in [1.54, 1.807) is 0 Å². The Morgan fingerprint density at radius 2 is 2.10 bits per heavy atom. The van der Waals surface area contributed by atoms with E-state index in [1.807, 2.05) is 0 Å². The predicted octanol–water partition coefficient (Wildman–Crippen LogP) is 3.31. The Morgan fingerprint density at radius 3 is 2.50 bits per heavy atom. The molecule has 1 rings (SSSR count). The van der Waals surface area contributed by atoms with Gasteiger partial charge in [-0.3, -0.25) is 0 Å². The fourth-order valence-electron chi connectivity index (χ4n) is 1.15. The van der Waals surface area contributed by atoms with Crippen LogP contribution in [-0.4, -0.2) is 0 Å². The Balaban J connectivity index is 2.32. The van der Waals surface area contributed by atoms with Crippen LogP contribution in [0.1, 0.15) is 33.1 Å². The quantitative estimate of drug-likeness (QED) is 0.522. The largest absolute Gasteiger partial charge is 0.0874 e. The number of rotatable bonds is 3. The van der Waals surface area contributed by atoms with Crippen molar-refractivity contribution in [3.05, 3.63) is 23.8 Å². The van der Waals surface area contributed by atoms with Crippen LogP contribution in [-0.2, 0) is 0 Å². The SMILES string of the molecule is C/C=C\C(=C/C)CC1CC1. The van der Waals surface area contributed by atoms with Gasteiger partial charge in [-0.15, -0.1) is 0 Å². The molecule has 0 atom stereocenters. The van der Waals surface area contributed by atoms with Crippen molar-refractivity contribution in [3.8, 4) is 0 Å². The smallest absolute Gasteiger partial charge is 0.0254 e. The minimum absolute atomic E-state index is 1.02. The zero-order valence-corrected chi connectivity index (χ0v) is 6.93. The van der Waals surface area contributed by atoms with E-state index in [-0.39, 0.29) is 0 Å². The van der Waals surface area contributed by atoms with Crippen molar-refractivity contribution in [2.24, 2.45) is 5.92 Å². The molecule has 0 bridgehead atoms. The second-order valence-corrected chi connectivity index (χ2v) is 3.01. The Kier molecular flexibility index (Phi) is 2.73. The van der Waals surface area contributed by atoms with Crippen LogP contribution in [0.25, 0.3) is 0 Å². The lowest BCUT2D eigenvalue weighted by atomic mass is 10.1. The molecule has 0 unspecified atom stereocenters. The summed E-state index contributed by atoms with van der Waals surface area (Å²) in [5.41, 5.74) is 1.50. The number of allylic oxidation sites excluding steroid dienone is 4. The first-order valence-electron chi connectivity index (χ1n) is 4.14. The Labute approximate surface area is 63.6 Å². The molecule has 0 heteroatoms. The Morgan fingerprint density at radius 1 is 1.40 bits per heavy atom. The van der Waals surface area contributed by atoms with Gasteiger partial charge in [0.1, 0.15) is 0 Å². The molecule has 56 valence electrons. The van der Waals surface area contributed by atoms with Gasteiger partial charge in [0.25, 0.3) is 0 Å². The first-order chi connectivity index (χ1) is 4.86. The fourth-order valence-corrected chi connectivity index (χ4v) is 1.15. The maximum absolute atomic E-state index is 2.22. The summed E-state index contributed by atoms with van der Waals surface area (Å²) in [5, 5.41) is 0. The summed E-state index contributed by atoms with van der Waals surface area (Å²) in [6.45, 7) is 4.20. The summed E-state index contributed by atoms with van der Waals surface area (Å²) in [6, 6.07) is 0. The van der Waals surface area contributed by atoms with Crippen molar-refractivity contribution in [1.82, 2.24) is 0 Å². The topological polar surface area (TPSA) is 0 Å². The van der Waals surface area contributed by atoms with Crippen LogP contribution in [0.4, 0.5) is 0 Å². The highest BCUT2D eigenvalue weighted by Crippen LogP contribution is 2.35. The maximum Gasteiger partial charge on any atom is -0.0254 e. The monoisotopic (exact) mass is 136 g/mol. The summed E-state index contributed by atoms with van der Waals surface area (Å²) in [7, 11) is 0. The lowest BCUT2D eigenvalue weighted by Crippen LogP contribution is -1.79. The van der Waals surface area contributed by atoms with E-state index in [1.165, 1.54) is 24.8 Å². The lowest BCUT2D eigenvalue weighted by Gasteiger charge is -1.96. The molecule has 0 amide bonds. The van der Waals surface area contributed by atoms with E-state index >= 15 is 0 Å². The zero-order chi connectivity index (χ0) is 7.40. The van der Waals surface area contributed by atoms with Gasteiger partial charge in [-0.25, -0.2) is 0 Å². The van der Waals surface area contributed by atoms with Crippen LogP contribution in [0.5, 0.6) is 0 Å². The van der Waals surface area contributed by atoms with Gasteiger partial charge in [0.15, 0.2) is 0 Å². The first kappa shape index (κ1) is 7.59. The summed E-state index contributed by atoms with van der Waals surface area (Å²) in [5.74, 6) is 1.02. The van der Waals surface area contributed by atoms with E-state index in [0.717, 1.165) is 5.92 Å². The molecule has 0 saturated heterocycles. The summed E-state index contributed by atoms with van der Waals surface area (Å²) in [6.07, 6.45) is 10.8. The van der Waals surface area contributed by atoms with Gasteiger partial charge in [0, 0.05) is 0 Å². The molecular formula is C10H16. The highest BCUT2D eigenvalue weighted by atomic mass is 14.3. The third-order valence-corrected chi connectivity index (χ3v) is 1.97. The van der Waals surface area contributed by atoms with Gasteiger partial charge in [0.2, 0.25) is 0 Å². The standard InChI is InChI=1S/C10H16/c1-3-5-9(4-2)8-10-6-7-10/h3-5,10H,6-8H2,1-2H3/b5-3-,9-4+. The van der Waals surface area contributed by atoms with Crippen LogP contribution in [0.15, 0.2) is 23.8 Å². The molecule has 0 radical (unpaired) electrons. The second-order valence-electron chi connectivity index (χ2n) is 3.01. The molecule has 0 nitrogen and oxygen atoms in total. The lowest BCUT2D eigenvalue weighted by molar-refractivity contribution is 0.835. The molecule has 0 heterocycles. The van der Waals surface area contributed by atoms with E-state index < -0.39 is 0 Å². The van der Waals surface area contributed by atoms with E-state index in [2.05, 4.69) is 32.1 Å². The molecule has 0 aromatic rings. The van der Waals surface area contributed by atoms with Gasteiger partial charge in [0.05, 0.1) is 0 Å². The molecule has 0 aromatic carbocycles. The van der Waals surface area contributed by atoms with Crippen LogP contribution in [0, 0.1) is 5.92 Å². The number of hydrogen-bond donors (Lipinski definition) is 0. The third kappa shape index (κ3) is 2.38. The molecular weight excluding hydrogens is 120 g/mol. The maximum atomic E-state index is 2.22. The molecule has 0 spiro atoms. The third-order valence-electron chi connectivity index (χ3n) is 1.97. The van der Waals surface area contributed by atoms with E-state index in [4.69, 9.17) is 0 Å². The molecule has 0 aromatic heterocycles. The van der Waals surface area contributed by atoms with Crippen molar-refractivity contribution in [2.75, 3.05) is 0 Å². The van der Waals surface area contributed by atoms with Gasteiger partial charge in [-0.1, -0.05) is 23.8 Å². The first-order valence-corrected chi connectivity index (χ1v) is 4.14. The average Bonchev–Trinajstić information content (AvgIpc) is 2.71. The molecule has 0 N–H and O–H groups in total. The van der Waals surface area contributed by atoms with Crippen LogP contribution < -0.4 is 0 Å². The Bertz CT molecular complexity index is 147. The summed E-state index contributed by atoms with van der Waals surface area (Å²) >= 11 is 0. The molecule has 1 aliphatic rings. The van der Waals surface area contributed by atoms with Gasteiger partial charge >= 0.3 is 0 Å². The molecule has 0 aliphatic heterocycles. The van der Waals surface area contributed by atoms with E-state index in [0.29, 0.717) is 0 Å². The minimum Gasteiger partial charge on any atom is -0.0874 e. The average molecular weight is 136 g/mol. The number of hydrogen-bond acceptors (Lipinski definition) is 0. The van der Waals surface area contributed by atoms with Crippen molar-refractivity contribution in [1.29, 1.82) is 0 Å². The second kappa shape index (κ2) is 3.60. The predicted molar refractivity (Wildman–Crippen MR) is 45.9 cm³/mol. The summed E-state index contributed by atoms with van der Waals surface area (Å²) in [4.78, 5) is 0. The van der Waals surface area contributed by atoms with Crippen molar-refractivity contribution < 1.29 is 0 Å². The minimum atomic E-state index is 1.02.